The number of rotatable bonds is 9. The van der Waals surface area contributed by atoms with Gasteiger partial charge in [0.1, 0.15) is 30.4 Å². The van der Waals surface area contributed by atoms with Crippen molar-refractivity contribution in [2.24, 2.45) is 16.7 Å². The molecule has 1 saturated carbocycles. The van der Waals surface area contributed by atoms with Gasteiger partial charge in [-0.3, -0.25) is 4.79 Å². The number of aromatic nitrogens is 1. The predicted octanol–water partition coefficient (Wildman–Crippen LogP) is 4.28. The fourth-order valence-corrected chi connectivity index (χ4v) is 4.33. The summed E-state index contributed by atoms with van der Waals surface area (Å²) in [5.74, 6) is -2.90. The number of nitriles is 1. The molecule has 32 heavy (non-hydrogen) atoms. The highest BCUT2D eigenvalue weighted by Gasteiger charge is 2.78. The largest absolute Gasteiger partial charge is 0.481 e. The van der Waals surface area contributed by atoms with Crippen molar-refractivity contribution in [3.63, 3.8) is 0 Å². The maximum absolute atomic E-state index is 12.5. The van der Waals surface area contributed by atoms with Crippen LogP contribution in [0.5, 0.6) is 11.6 Å². The Labute approximate surface area is 185 Å². The molecular weight excluding hydrogens is 415 g/mol. The smallest absolute Gasteiger partial charge is 0.330 e. The second kappa shape index (κ2) is 9.18. The lowest BCUT2D eigenvalue weighted by atomic mass is 9.80. The molecule has 0 spiro atoms. The molecule has 1 aromatic carbocycles. The molecule has 166 valence electrons. The second-order valence-electron chi connectivity index (χ2n) is 7.97. The Hall–Kier alpha value is -3.73. The number of para-hydroxylation sites is 1. The van der Waals surface area contributed by atoms with Gasteiger partial charge in [-0.05, 0) is 23.6 Å². The van der Waals surface area contributed by atoms with Crippen LogP contribution in [0, 0.1) is 28.1 Å². The van der Waals surface area contributed by atoms with Crippen LogP contribution in [0.1, 0.15) is 25.5 Å². The van der Waals surface area contributed by atoms with E-state index in [4.69, 9.17) is 4.74 Å². The van der Waals surface area contributed by atoms with Gasteiger partial charge in [-0.2, -0.15) is 5.26 Å². The van der Waals surface area contributed by atoms with Gasteiger partial charge in [0.15, 0.2) is 0 Å². The molecular formula is C24H23FN2O5. The molecule has 0 saturated heterocycles. The van der Waals surface area contributed by atoms with Gasteiger partial charge in [-0.25, -0.2) is 14.2 Å². The van der Waals surface area contributed by atoms with E-state index in [1.165, 1.54) is 6.08 Å². The molecule has 0 aliphatic heterocycles. The molecule has 0 amide bonds. The van der Waals surface area contributed by atoms with Crippen LogP contribution < -0.4 is 4.74 Å². The van der Waals surface area contributed by atoms with Gasteiger partial charge in [-0.1, -0.05) is 44.2 Å². The molecule has 1 aromatic heterocycles. The summed E-state index contributed by atoms with van der Waals surface area (Å²) in [5.41, 5.74) is -2.11. The van der Waals surface area contributed by atoms with Crippen LogP contribution in [0.3, 0.4) is 0 Å². The molecule has 8 heteroatoms. The lowest BCUT2D eigenvalue weighted by Crippen LogP contribution is -2.29. The van der Waals surface area contributed by atoms with Gasteiger partial charge in [0.2, 0.25) is 5.88 Å². The van der Waals surface area contributed by atoms with Gasteiger partial charge < -0.3 is 14.6 Å². The molecule has 1 aliphatic rings. The number of ether oxygens (including phenoxy) is 2. The van der Waals surface area contributed by atoms with E-state index in [1.54, 1.807) is 56.3 Å². The molecule has 0 radical (unpaired) electrons. The third kappa shape index (κ3) is 4.06. The molecule has 2 aromatic rings. The van der Waals surface area contributed by atoms with Gasteiger partial charge in [-0.15, -0.1) is 0 Å². The number of alkyl halides is 1. The number of hydrogen-bond acceptors (Lipinski definition) is 6. The van der Waals surface area contributed by atoms with Crippen LogP contribution in [0.4, 0.5) is 4.39 Å². The second-order valence-corrected chi connectivity index (χ2v) is 7.97. The van der Waals surface area contributed by atoms with E-state index in [0.29, 0.717) is 5.75 Å². The number of esters is 1. The molecule has 0 unspecified atom stereocenters. The summed E-state index contributed by atoms with van der Waals surface area (Å²) in [7, 11) is 0. The number of allylic oxidation sites excluding steroid dienone is 1. The fraction of sp³-hybridized carbons (Fsp3) is 0.333. The Bertz CT molecular complexity index is 1060. The standard InChI is InChI=1S/C24H23FN2O5/c1-23(2)19(11-12-21(28)31-14-13-25)24(23,22(29)30)17(15-26)18-9-6-10-20(27-18)32-16-7-4-3-5-8-16/h3-12,17,19H,13-14H2,1-2H3,(H,29,30)/t17-,19+,24-/m1/s1. The monoisotopic (exact) mass is 438 g/mol. The number of carboxylic acids is 1. The summed E-state index contributed by atoms with van der Waals surface area (Å²) in [5, 5.41) is 20.2. The van der Waals surface area contributed by atoms with Crippen LogP contribution in [0.15, 0.2) is 60.7 Å². The number of hydrogen-bond donors (Lipinski definition) is 1. The topological polar surface area (TPSA) is 110 Å². The number of nitrogens with zero attached hydrogens (tertiary/aromatic N) is 2. The first-order valence-corrected chi connectivity index (χ1v) is 10.0. The highest BCUT2D eigenvalue weighted by atomic mass is 19.1. The zero-order valence-corrected chi connectivity index (χ0v) is 17.7. The number of carboxylic acid groups (broad SMARTS) is 1. The molecule has 0 bridgehead atoms. The van der Waals surface area contributed by atoms with E-state index < -0.39 is 41.3 Å². The quantitative estimate of drug-likeness (QED) is 0.460. The fourth-order valence-electron chi connectivity index (χ4n) is 4.33. The van der Waals surface area contributed by atoms with Gasteiger partial charge in [0.05, 0.1) is 11.8 Å². The molecule has 1 fully saturated rings. The molecule has 3 rings (SSSR count). The number of carbonyl (C=O) groups excluding carboxylic acids is 1. The zero-order valence-electron chi connectivity index (χ0n) is 17.7. The van der Waals surface area contributed by atoms with Crippen molar-refractivity contribution in [2.75, 3.05) is 13.3 Å². The van der Waals surface area contributed by atoms with E-state index in [-0.39, 0.29) is 18.2 Å². The Morgan fingerprint density at radius 1 is 1.25 bits per heavy atom. The summed E-state index contributed by atoms with van der Waals surface area (Å²) in [6.07, 6.45) is 2.51. The average molecular weight is 438 g/mol. The first-order valence-electron chi connectivity index (χ1n) is 10.0. The van der Waals surface area contributed by atoms with E-state index in [9.17, 15) is 24.3 Å². The SMILES string of the molecule is CC1(C)[C@H](C=CC(=O)OCCF)[C@@]1(C(=O)O)[C@H](C#N)c1cccc(Oc2ccccc2)n1. The van der Waals surface area contributed by atoms with Crippen LogP contribution in [-0.4, -0.2) is 35.3 Å². The normalized spacial score (nSPS) is 22.0. The Balaban J connectivity index is 1.92. The minimum Gasteiger partial charge on any atom is -0.481 e. The van der Waals surface area contributed by atoms with E-state index in [2.05, 4.69) is 15.8 Å². The maximum atomic E-state index is 12.5. The summed E-state index contributed by atoms with van der Waals surface area (Å²) >= 11 is 0. The van der Waals surface area contributed by atoms with E-state index in [0.717, 1.165) is 6.08 Å². The maximum Gasteiger partial charge on any atom is 0.330 e. The average Bonchev–Trinajstić information content (AvgIpc) is 3.27. The summed E-state index contributed by atoms with van der Waals surface area (Å²) < 4.78 is 22.6. The van der Waals surface area contributed by atoms with Crippen LogP contribution in [-0.2, 0) is 14.3 Å². The van der Waals surface area contributed by atoms with Crippen molar-refractivity contribution >= 4 is 11.9 Å². The summed E-state index contributed by atoms with van der Waals surface area (Å²) in [6.45, 7) is 2.26. The van der Waals surface area contributed by atoms with E-state index >= 15 is 0 Å². The Morgan fingerprint density at radius 2 is 1.97 bits per heavy atom. The highest BCUT2D eigenvalue weighted by molar-refractivity contribution is 5.86. The first-order chi connectivity index (χ1) is 15.3. The number of benzene rings is 1. The summed E-state index contributed by atoms with van der Waals surface area (Å²) in [6, 6.07) is 15.9. The van der Waals surface area contributed by atoms with Crippen molar-refractivity contribution in [1.82, 2.24) is 4.98 Å². The lowest BCUT2D eigenvalue weighted by molar-refractivity contribution is -0.145. The molecule has 1 N–H and O–H groups in total. The van der Waals surface area contributed by atoms with Crippen LogP contribution >= 0.6 is 0 Å². The number of halogens is 1. The number of pyridine rings is 1. The van der Waals surface area contributed by atoms with Crippen molar-refractivity contribution < 1.29 is 28.6 Å². The zero-order chi connectivity index (χ0) is 23.4. The van der Waals surface area contributed by atoms with Gasteiger partial charge >= 0.3 is 11.9 Å². The first kappa shape index (κ1) is 22.9. The third-order valence-corrected chi connectivity index (χ3v) is 5.94. The Kier molecular flexibility index (Phi) is 6.58. The van der Waals surface area contributed by atoms with Gasteiger partial charge in [0, 0.05) is 18.1 Å². The number of aliphatic carboxylic acids is 1. The molecule has 1 aliphatic carbocycles. The van der Waals surface area contributed by atoms with E-state index in [1.807, 2.05) is 6.07 Å². The summed E-state index contributed by atoms with van der Waals surface area (Å²) in [4.78, 5) is 28.6. The molecule has 3 atom stereocenters. The van der Waals surface area contributed by atoms with Crippen molar-refractivity contribution in [2.45, 2.75) is 19.8 Å². The minimum atomic E-state index is -1.52. The Morgan fingerprint density at radius 3 is 2.59 bits per heavy atom. The van der Waals surface area contributed by atoms with Crippen LogP contribution in [0.25, 0.3) is 0 Å². The van der Waals surface area contributed by atoms with Crippen molar-refractivity contribution in [3.05, 3.63) is 66.4 Å². The van der Waals surface area contributed by atoms with Gasteiger partial charge in [0.25, 0.3) is 0 Å². The van der Waals surface area contributed by atoms with Crippen LogP contribution in [0.2, 0.25) is 0 Å². The molecule has 1 heterocycles. The van der Waals surface area contributed by atoms with Crippen molar-refractivity contribution in [1.29, 1.82) is 5.26 Å². The predicted molar refractivity (Wildman–Crippen MR) is 113 cm³/mol. The lowest BCUT2D eigenvalue weighted by Gasteiger charge is -2.21. The number of carbonyl (C=O) groups is 2. The third-order valence-electron chi connectivity index (χ3n) is 5.94. The minimum absolute atomic E-state index is 0.231. The highest BCUT2D eigenvalue weighted by Crippen LogP contribution is 2.75. The molecule has 7 nitrogen and oxygen atoms in total. The van der Waals surface area contributed by atoms with Crippen molar-refractivity contribution in [3.8, 4) is 17.7 Å².